The van der Waals surface area contributed by atoms with Crippen LogP contribution in [0.3, 0.4) is 0 Å². The second-order valence-electron chi connectivity index (χ2n) is 6.71. The molecule has 1 unspecified atom stereocenters. The van der Waals surface area contributed by atoms with Crippen molar-refractivity contribution in [1.82, 2.24) is 10.2 Å². The van der Waals surface area contributed by atoms with Gasteiger partial charge < -0.3 is 5.32 Å². The molecule has 6 nitrogen and oxygen atoms in total. The van der Waals surface area contributed by atoms with Gasteiger partial charge in [-0.1, -0.05) is 12.1 Å². The van der Waals surface area contributed by atoms with E-state index in [1.54, 1.807) is 12.1 Å². The third-order valence-electron chi connectivity index (χ3n) is 4.86. The highest BCUT2D eigenvalue weighted by Gasteiger charge is 2.23. The quantitative estimate of drug-likeness (QED) is 0.401. The zero-order valence-corrected chi connectivity index (χ0v) is 17.4. The summed E-state index contributed by atoms with van der Waals surface area (Å²) in [5.41, 5.74) is 1.40. The van der Waals surface area contributed by atoms with Gasteiger partial charge in [0.15, 0.2) is 5.78 Å². The zero-order valence-electron chi connectivity index (χ0n) is 15.8. The third kappa shape index (κ3) is 7.04. The smallest absolute Gasteiger partial charge is 0.269 e. The van der Waals surface area contributed by atoms with Gasteiger partial charge in [0, 0.05) is 56.3 Å². The average Bonchev–Trinajstić information content (AvgIpc) is 2.67. The molecule has 1 atom stereocenters. The molecule has 158 valence electrons. The summed E-state index contributed by atoms with van der Waals surface area (Å²) in [7, 11) is 0. The van der Waals surface area contributed by atoms with Crippen molar-refractivity contribution in [2.45, 2.75) is 18.9 Å². The molecule has 2 aromatic carbocycles. The van der Waals surface area contributed by atoms with Gasteiger partial charge in [-0.2, -0.15) is 0 Å². The van der Waals surface area contributed by atoms with Crippen molar-refractivity contribution in [2.75, 3.05) is 26.2 Å². The highest BCUT2D eigenvalue weighted by molar-refractivity contribution is 5.96. The van der Waals surface area contributed by atoms with Gasteiger partial charge in [-0.3, -0.25) is 19.8 Å². The fraction of sp³-hybridized carbons (Fsp3) is 0.350. The molecule has 29 heavy (non-hydrogen) atoms. The van der Waals surface area contributed by atoms with Crippen LogP contribution in [-0.4, -0.2) is 47.8 Å². The number of carbonyl (C=O) groups is 1. The number of non-ortho nitro benzene ring substituents is 1. The fourth-order valence-corrected chi connectivity index (χ4v) is 3.39. The first-order chi connectivity index (χ1) is 13.0. The van der Waals surface area contributed by atoms with Crippen molar-refractivity contribution >= 4 is 36.3 Å². The van der Waals surface area contributed by atoms with Gasteiger partial charge in [-0.05, 0) is 36.2 Å². The van der Waals surface area contributed by atoms with E-state index in [-0.39, 0.29) is 48.1 Å². The highest BCUT2D eigenvalue weighted by Crippen LogP contribution is 2.16. The molecule has 0 saturated carbocycles. The summed E-state index contributed by atoms with van der Waals surface area (Å²) in [4.78, 5) is 24.9. The van der Waals surface area contributed by atoms with Gasteiger partial charge in [-0.25, -0.2) is 4.39 Å². The SMILES string of the molecule is Cl.Cl.O=C(CCN1CCNCC1Cc1cccc(F)c1)c1ccc([N+](=O)[O-])cc1. The Balaban J connectivity index is 0.00000210. The lowest BCUT2D eigenvalue weighted by atomic mass is 10.0. The summed E-state index contributed by atoms with van der Waals surface area (Å²) in [5, 5.41) is 14.1. The largest absolute Gasteiger partial charge is 0.314 e. The van der Waals surface area contributed by atoms with Crippen LogP contribution < -0.4 is 5.32 Å². The molecule has 1 aliphatic heterocycles. The second kappa shape index (κ2) is 11.8. The lowest BCUT2D eigenvalue weighted by Crippen LogP contribution is -2.52. The number of nitrogens with zero attached hydrogens (tertiary/aromatic N) is 2. The van der Waals surface area contributed by atoms with Crippen LogP contribution in [0.25, 0.3) is 0 Å². The molecular weight excluding hydrogens is 420 g/mol. The van der Waals surface area contributed by atoms with Crippen molar-refractivity contribution in [2.24, 2.45) is 0 Å². The summed E-state index contributed by atoms with van der Waals surface area (Å²) >= 11 is 0. The number of Topliss-reactive ketones (excluding diaryl/α,β-unsaturated/α-hetero) is 1. The topological polar surface area (TPSA) is 75.5 Å². The molecule has 2 aromatic rings. The predicted molar refractivity (Wildman–Crippen MR) is 115 cm³/mol. The second-order valence-corrected chi connectivity index (χ2v) is 6.71. The molecule has 3 rings (SSSR count). The van der Waals surface area contributed by atoms with Gasteiger partial charge in [0.2, 0.25) is 0 Å². The number of nitro groups is 1. The molecule has 0 amide bonds. The molecule has 1 heterocycles. The Kier molecular flexibility index (Phi) is 10.2. The molecule has 0 aliphatic carbocycles. The number of halogens is 3. The van der Waals surface area contributed by atoms with E-state index in [4.69, 9.17) is 0 Å². The normalized spacial score (nSPS) is 16.4. The summed E-state index contributed by atoms with van der Waals surface area (Å²) < 4.78 is 13.4. The average molecular weight is 444 g/mol. The molecule has 0 spiro atoms. The fourth-order valence-electron chi connectivity index (χ4n) is 3.39. The number of rotatable bonds is 7. The van der Waals surface area contributed by atoms with Crippen LogP contribution in [-0.2, 0) is 6.42 Å². The first-order valence-electron chi connectivity index (χ1n) is 9.00. The number of benzene rings is 2. The monoisotopic (exact) mass is 443 g/mol. The van der Waals surface area contributed by atoms with Gasteiger partial charge in [0.25, 0.3) is 5.69 Å². The van der Waals surface area contributed by atoms with E-state index in [1.807, 2.05) is 6.07 Å². The molecule has 0 radical (unpaired) electrons. The molecule has 1 saturated heterocycles. The van der Waals surface area contributed by atoms with E-state index in [9.17, 15) is 19.3 Å². The minimum absolute atomic E-state index is 0. The predicted octanol–water partition coefficient (Wildman–Crippen LogP) is 3.67. The van der Waals surface area contributed by atoms with Crippen molar-refractivity contribution in [1.29, 1.82) is 0 Å². The molecule has 9 heteroatoms. The lowest BCUT2D eigenvalue weighted by Gasteiger charge is -2.36. The van der Waals surface area contributed by atoms with Crippen LogP contribution >= 0.6 is 24.8 Å². The number of nitro benzene ring substituents is 1. The Hall–Kier alpha value is -2.06. The van der Waals surface area contributed by atoms with Crippen LogP contribution in [0.1, 0.15) is 22.3 Å². The molecule has 0 aromatic heterocycles. The van der Waals surface area contributed by atoms with Gasteiger partial charge >= 0.3 is 0 Å². The highest BCUT2D eigenvalue weighted by atomic mass is 35.5. The maximum Gasteiger partial charge on any atom is 0.269 e. The maximum absolute atomic E-state index is 13.4. The molecular formula is C20H24Cl2FN3O3. The van der Waals surface area contributed by atoms with Crippen molar-refractivity contribution < 1.29 is 14.1 Å². The Bertz CT molecular complexity index is 821. The summed E-state index contributed by atoms with van der Waals surface area (Å²) in [6, 6.07) is 12.5. The number of nitrogens with one attached hydrogen (secondary N) is 1. The first-order valence-corrected chi connectivity index (χ1v) is 9.00. The summed E-state index contributed by atoms with van der Waals surface area (Å²) in [6.45, 7) is 3.08. The van der Waals surface area contributed by atoms with Crippen molar-refractivity contribution in [3.05, 3.63) is 75.6 Å². The van der Waals surface area contributed by atoms with Crippen molar-refractivity contribution in [3.8, 4) is 0 Å². The molecule has 1 N–H and O–H groups in total. The van der Waals surface area contributed by atoms with E-state index in [0.29, 0.717) is 18.5 Å². The summed E-state index contributed by atoms with van der Waals surface area (Å²) in [5.74, 6) is -0.274. The van der Waals surface area contributed by atoms with Crippen LogP contribution in [0.4, 0.5) is 10.1 Å². The molecule has 0 bridgehead atoms. The molecule has 1 fully saturated rings. The van der Waals surface area contributed by atoms with Gasteiger partial charge in [-0.15, -0.1) is 24.8 Å². The lowest BCUT2D eigenvalue weighted by molar-refractivity contribution is -0.384. The first kappa shape index (κ1) is 25.0. The minimum atomic E-state index is -0.480. The van der Waals surface area contributed by atoms with Crippen LogP contribution in [0.2, 0.25) is 0 Å². The standard InChI is InChI=1S/C20H22FN3O3.2ClH/c21-17-3-1-2-15(12-17)13-19-14-22-9-11-23(19)10-8-20(25)16-4-6-18(7-5-16)24(26)27;;/h1-7,12,19,22H,8-11,13-14H2;2*1H. The van der Waals surface area contributed by atoms with Crippen molar-refractivity contribution in [3.63, 3.8) is 0 Å². The molecule has 1 aliphatic rings. The van der Waals surface area contributed by atoms with E-state index in [1.165, 1.54) is 30.3 Å². The van der Waals surface area contributed by atoms with E-state index < -0.39 is 4.92 Å². The van der Waals surface area contributed by atoms with E-state index >= 15 is 0 Å². The third-order valence-corrected chi connectivity index (χ3v) is 4.86. The zero-order chi connectivity index (χ0) is 19.2. The number of piperazine rings is 1. The Morgan fingerprint density at radius 3 is 2.59 bits per heavy atom. The van der Waals surface area contributed by atoms with Crippen LogP contribution in [0.15, 0.2) is 48.5 Å². The Morgan fingerprint density at radius 1 is 1.21 bits per heavy atom. The Morgan fingerprint density at radius 2 is 1.93 bits per heavy atom. The van der Waals surface area contributed by atoms with Gasteiger partial charge in [0.05, 0.1) is 4.92 Å². The number of carbonyl (C=O) groups excluding carboxylic acids is 1. The maximum atomic E-state index is 13.4. The van der Waals surface area contributed by atoms with Gasteiger partial charge in [0.1, 0.15) is 5.82 Å². The number of hydrogen-bond donors (Lipinski definition) is 1. The summed E-state index contributed by atoms with van der Waals surface area (Å²) in [6.07, 6.45) is 1.06. The van der Waals surface area contributed by atoms with Crippen LogP contribution in [0.5, 0.6) is 0 Å². The number of ketones is 1. The number of hydrogen-bond acceptors (Lipinski definition) is 5. The van der Waals surface area contributed by atoms with E-state index in [2.05, 4.69) is 10.2 Å². The van der Waals surface area contributed by atoms with E-state index in [0.717, 1.165) is 31.6 Å². The van der Waals surface area contributed by atoms with Crippen LogP contribution in [0, 0.1) is 15.9 Å². The Labute approximate surface area is 181 Å². The minimum Gasteiger partial charge on any atom is -0.314 e.